The largest absolute Gasteiger partial charge is 0.366 e. The number of halogens is 1. The summed E-state index contributed by atoms with van der Waals surface area (Å²) >= 11 is 0. The van der Waals surface area contributed by atoms with E-state index in [0.717, 1.165) is 36.2 Å². The number of hydrogen-bond acceptors (Lipinski definition) is 5. The fourth-order valence-electron chi connectivity index (χ4n) is 4.65. The molecule has 0 atom stereocenters. The van der Waals surface area contributed by atoms with Crippen LogP contribution in [0, 0.1) is 5.82 Å². The monoisotopic (exact) mass is 510 g/mol. The lowest BCUT2D eigenvalue weighted by molar-refractivity contribution is 0.1000. The molecular weight excluding hydrogens is 483 g/mol. The molecule has 0 aliphatic heterocycles. The summed E-state index contributed by atoms with van der Waals surface area (Å²) in [6, 6.07) is 19.3. The lowest BCUT2D eigenvalue weighted by Gasteiger charge is -2.18. The Hall–Kier alpha value is -4.63. The van der Waals surface area contributed by atoms with E-state index in [4.69, 9.17) is 5.73 Å². The van der Waals surface area contributed by atoms with Gasteiger partial charge in [0.05, 0.1) is 5.69 Å². The molecule has 2 N–H and O–H groups in total. The van der Waals surface area contributed by atoms with Crippen molar-refractivity contribution in [3.8, 4) is 22.5 Å². The van der Waals surface area contributed by atoms with Crippen LogP contribution in [0.25, 0.3) is 33.7 Å². The molecule has 0 saturated carbocycles. The lowest BCUT2D eigenvalue weighted by Crippen LogP contribution is -2.21. The Morgan fingerprint density at radius 1 is 1.00 bits per heavy atom. The van der Waals surface area contributed by atoms with Crippen molar-refractivity contribution in [1.82, 2.24) is 24.0 Å². The Morgan fingerprint density at radius 2 is 1.76 bits per heavy atom. The Labute approximate surface area is 218 Å². The first kappa shape index (κ1) is 25.0. The van der Waals surface area contributed by atoms with Crippen molar-refractivity contribution in [3.05, 3.63) is 107 Å². The van der Waals surface area contributed by atoms with Crippen molar-refractivity contribution in [3.63, 3.8) is 0 Å². The molecule has 0 bridgehead atoms. The van der Waals surface area contributed by atoms with Crippen LogP contribution >= 0.6 is 0 Å². The highest BCUT2D eigenvalue weighted by Crippen LogP contribution is 2.27. The highest BCUT2D eigenvalue weighted by molar-refractivity contribution is 5.93. The molecule has 192 valence electrons. The van der Waals surface area contributed by atoms with Crippen molar-refractivity contribution in [2.75, 3.05) is 13.6 Å². The third-order valence-corrected chi connectivity index (χ3v) is 6.46. The summed E-state index contributed by atoms with van der Waals surface area (Å²) in [4.78, 5) is 35.9. The third kappa shape index (κ3) is 4.71. The van der Waals surface area contributed by atoms with Gasteiger partial charge in [-0.15, -0.1) is 0 Å². The maximum absolute atomic E-state index is 15.5. The van der Waals surface area contributed by atoms with Gasteiger partial charge < -0.3 is 10.6 Å². The van der Waals surface area contributed by atoms with E-state index in [1.807, 2.05) is 24.3 Å². The topological polar surface area (TPSA) is 99.0 Å². The molecule has 2 aromatic heterocycles. The number of carbonyl (C=O) groups is 1. The molecule has 0 saturated heterocycles. The normalized spacial score (nSPS) is 11.4. The maximum atomic E-state index is 15.5. The molecule has 0 unspecified atom stereocenters. The molecule has 9 heteroatoms. The summed E-state index contributed by atoms with van der Waals surface area (Å²) in [6.45, 7) is 3.84. The van der Waals surface area contributed by atoms with Crippen LogP contribution in [-0.2, 0) is 6.54 Å². The van der Waals surface area contributed by atoms with Gasteiger partial charge in [0.15, 0.2) is 11.2 Å². The fraction of sp³-hybridized carbons (Fsp3) is 0.172. The quantitative estimate of drug-likeness (QED) is 0.335. The second-order valence-electron chi connectivity index (χ2n) is 9.18. The number of aromatic nitrogens is 4. The van der Waals surface area contributed by atoms with Crippen molar-refractivity contribution in [2.24, 2.45) is 5.73 Å². The summed E-state index contributed by atoms with van der Waals surface area (Å²) < 4.78 is 18.2. The first-order valence-electron chi connectivity index (χ1n) is 12.3. The van der Waals surface area contributed by atoms with Gasteiger partial charge in [-0.1, -0.05) is 43.3 Å². The first-order valence-corrected chi connectivity index (χ1v) is 12.3. The Morgan fingerprint density at radius 3 is 2.50 bits per heavy atom. The van der Waals surface area contributed by atoms with Crippen LogP contribution in [0.3, 0.4) is 0 Å². The van der Waals surface area contributed by atoms with Gasteiger partial charge in [-0.05, 0) is 67.0 Å². The Kier molecular flexibility index (Phi) is 6.85. The number of rotatable bonds is 8. The average molecular weight is 511 g/mol. The summed E-state index contributed by atoms with van der Waals surface area (Å²) in [6.07, 6.45) is 3.76. The fourth-order valence-corrected chi connectivity index (χ4v) is 4.65. The summed E-state index contributed by atoms with van der Waals surface area (Å²) in [5, 5.41) is 0. The van der Waals surface area contributed by atoms with Crippen LogP contribution in [0.5, 0.6) is 0 Å². The zero-order valence-electron chi connectivity index (χ0n) is 21.1. The number of carbonyl (C=O) groups excluding carboxylic acids is 1. The number of imidazole rings is 1. The molecule has 8 nitrogen and oxygen atoms in total. The number of amides is 1. The van der Waals surface area contributed by atoms with E-state index in [9.17, 15) is 9.59 Å². The van der Waals surface area contributed by atoms with Crippen molar-refractivity contribution in [2.45, 2.75) is 19.9 Å². The van der Waals surface area contributed by atoms with Crippen LogP contribution in [-0.4, -0.2) is 43.5 Å². The third-order valence-electron chi connectivity index (χ3n) is 6.46. The van der Waals surface area contributed by atoms with E-state index in [0.29, 0.717) is 5.69 Å². The predicted octanol–water partition coefficient (Wildman–Crippen LogP) is 4.32. The molecule has 0 fully saturated rings. The van der Waals surface area contributed by atoms with E-state index in [2.05, 4.69) is 28.8 Å². The molecular formula is C29H27FN6O2. The standard InChI is InChI=1S/C29H27FN6O2/c1-3-13-34(2)16-21-7-4-5-10-23(21)19-11-12-25(24(30)15-19)36-18-33-28-26(29(36)38)35(17-32-28)22-9-6-8-20(14-22)27(31)37/h4-12,14-15,17-18H,3,13,16H2,1-2H3,(H2,31,37). The van der Waals surface area contributed by atoms with Crippen LogP contribution < -0.4 is 11.3 Å². The summed E-state index contributed by atoms with van der Waals surface area (Å²) in [7, 11) is 2.06. The molecule has 5 aromatic rings. The maximum Gasteiger partial charge on any atom is 0.284 e. The van der Waals surface area contributed by atoms with Gasteiger partial charge in [-0.25, -0.2) is 14.4 Å². The van der Waals surface area contributed by atoms with Crippen LogP contribution in [0.15, 0.2) is 84.2 Å². The molecule has 0 radical (unpaired) electrons. The Balaban J connectivity index is 1.56. The number of benzene rings is 3. The SMILES string of the molecule is CCCN(C)Cc1ccccc1-c1ccc(-n2cnc3ncn(-c4cccc(C(N)=O)c4)c3c2=O)c(F)c1. The second kappa shape index (κ2) is 10.4. The molecule has 1 amide bonds. The van der Waals surface area contributed by atoms with Gasteiger partial charge in [0, 0.05) is 17.8 Å². The first-order chi connectivity index (χ1) is 18.4. The van der Waals surface area contributed by atoms with E-state index in [-0.39, 0.29) is 22.4 Å². The van der Waals surface area contributed by atoms with E-state index in [1.54, 1.807) is 36.4 Å². The number of primary amides is 1. The zero-order valence-corrected chi connectivity index (χ0v) is 21.1. The van der Waals surface area contributed by atoms with Gasteiger partial charge >= 0.3 is 0 Å². The number of nitrogens with two attached hydrogens (primary N) is 1. The van der Waals surface area contributed by atoms with Gasteiger partial charge in [0.2, 0.25) is 5.91 Å². The molecule has 0 aliphatic rings. The molecule has 0 aliphatic carbocycles. The van der Waals surface area contributed by atoms with Crippen molar-refractivity contribution >= 4 is 17.1 Å². The van der Waals surface area contributed by atoms with Gasteiger partial charge in [0.1, 0.15) is 18.5 Å². The van der Waals surface area contributed by atoms with Gasteiger partial charge in [-0.2, -0.15) is 0 Å². The van der Waals surface area contributed by atoms with Crippen LogP contribution in [0.2, 0.25) is 0 Å². The number of hydrogen-bond donors (Lipinski definition) is 1. The predicted molar refractivity (Wildman–Crippen MR) is 145 cm³/mol. The minimum atomic E-state index is -0.590. The minimum Gasteiger partial charge on any atom is -0.366 e. The molecule has 38 heavy (non-hydrogen) atoms. The molecule has 5 rings (SSSR count). The average Bonchev–Trinajstić information content (AvgIpc) is 3.35. The van der Waals surface area contributed by atoms with Crippen molar-refractivity contribution in [1.29, 1.82) is 0 Å². The number of nitrogens with zero attached hydrogens (tertiary/aromatic N) is 5. The highest BCUT2D eigenvalue weighted by atomic mass is 19.1. The van der Waals surface area contributed by atoms with Gasteiger partial charge in [-0.3, -0.25) is 18.7 Å². The minimum absolute atomic E-state index is 0.0763. The lowest BCUT2D eigenvalue weighted by atomic mass is 9.99. The van der Waals surface area contributed by atoms with E-state index in [1.165, 1.54) is 27.9 Å². The molecule has 3 aromatic carbocycles. The molecule has 0 spiro atoms. The van der Waals surface area contributed by atoms with Gasteiger partial charge in [0.25, 0.3) is 5.56 Å². The number of fused-ring (bicyclic) bond motifs is 1. The second-order valence-corrected chi connectivity index (χ2v) is 9.18. The van der Waals surface area contributed by atoms with Crippen molar-refractivity contribution < 1.29 is 9.18 Å². The van der Waals surface area contributed by atoms with E-state index < -0.39 is 17.3 Å². The van der Waals surface area contributed by atoms with E-state index >= 15 is 4.39 Å². The zero-order chi connectivity index (χ0) is 26.8. The van der Waals surface area contributed by atoms with Crippen LogP contribution in [0.1, 0.15) is 29.3 Å². The summed E-state index contributed by atoms with van der Waals surface area (Å²) in [5.41, 5.74) is 8.91. The smallest absolute Gasteiger partial charge is 0.284 e. The molecule has 2 heterocycles. The van der Waals surface area contributed by atoms with Crippen LogP contribution in [0.4, 0.5) is 4.39 Å². The highest BCUT2D eigenvalue weighted by Gasteiger charge is 2.17. The summed E-state index contributed by atoms with van der Waals surface area (Å²) in [5.74, 6) is -1.14. The Bertz CT molecular complexity index is 1710.